The Morgan fingerprint density at radius 1 is 0.952 bits per heavy atom. The summed E-state index contributed by atoms with van der Waals surface area (Å²) in [6, 6.07) is 18.0. The number of aromatic nitrogens is 4. The van der Waals surface area contributed by atoms with E-state index >= 15 is 0 Å². The smallest absolute Gasteiger partial charge is 0.263 e. The molecule has 0 unspecified atom stereocenters. The van der Waals surface area contributed by atoms with E-state index in [4.69, 9.17) is 4.74 Å². The first-order valence-electron chi connectivity index (χ1n) is 6.63. The van der Waals surface area contributed by atoms with E-state index in [1.807, 2.05) is 54.6 Å². The Morgan fingerprint density at radius 3 is 2.48 bits per heavy atom. The van der Waals surface area contributed by atoms with Crippen LogP contribution in [0.4, 0.5) is 5.95 Å². The van der Waals surface area contributed by atoms with E-state index in [1.54, 1.807) is 0 Å². The van der Waals surface area contributed by atoms with Crippen LogP contribution in [0, 0.1) is 0 Å². The van der Waals surface area contributed by atoms with Gasteiger partial charge in [-0.15, -0.1) is 5.10 Å². The van der Waals surface area contributed by atoms with E-state index in [1.165, 1.54) is 0 Å². The zero-order valence-corrected chi connectivity index (χ0v) is 11.4. The van der Waals surface area contributed by atoms with E-state index in [9.17, 15) is 0 Å². The van der Waals surface area contributed by atoms with Crippen LogP contribution < -0.4 is 10.1 Å². The average Bonchev–Trinajstić information content (AvgIpc) is 3.06. The molecule has 0 bridgehead atoms. The van der Waals surface area contributed by atoms with Crippen LogP contribution in [0.5, 0.6) is 5.75 Å². The predicted molar refractivity (Wildman–Crippen MR) is 78.7 cm³/mol. The Kier molecular flexibility index (Phi) is 4.07. The molecule has 0 saturated carbocycles. The van der Waals surface area contributed by atoms with Crippen molar-refractivity contribution in [1.29, 1.82) is 0 Å². The molecule has 0 radical (unpaired) electrons. The second-order valence-corrected chi connectivity index (χ2v) is 4.51. The van der Waals surface area contributed by atoms with E-state index in [-0.39, 0.29) is 0 Å². The van der Waals surface area contributed by atoms with Gasteiger partial charge in [0, 0.05) is 6.54 Å². The fourth-order valence-corrected chi connectivity index (χ4v) is 1.86. The van der Waals surface area contributed by atoms with E-state index in [0.29, 0.717) is 19.1 Å². The molecule has 0 amide bonds. The van der Waals surface area contributed by atoms with Crippen molar-refractivity contribution in [3.63, 3.8) is 0 Å². The van der Waals surface area contributed by atoms with E-state index < -0.39 is 0 Å². The van der Waals surface area contributed by atoms with Gasteiger partial charge in [-0.25, -0.2) is 0 Å². The van der Waals surface area contributed by atoms with Crippen LogP contribution in [-0.4, -0.2) is 20.6 Å². The first-order valence-corrected chi connectivity index (χ1v) is 6.63. The van der Waals surface area contributed by atoms with Gasteiger partial charge in [0.25, 0.3) is 5.95 Å². The molecule has 0 aliphatic rings. The quantitative estimate of drug-likeness (QED) is 0.725. The number of benzene rings is 2. The average molecular weight is 281 g/mol. The van der Waals surface area contributed by atoms with Gasteiger partial charge in [-0.05, 0) is 28.5 Å². The van der Waals surface area contributed by atoms with Crippen molar-refractivity contribution < 1.29 is 4.74 Å². The molecule has 0 atom stereocenters. The SMILES string of the molecule is c1ccc(COc2ccc(CNc3nn[nH]n3)cc2)cc1. The van der Waals surface area contributed by atoms with Gasteiger partial charge in [0.2, 0.25) is 0 Å². The topological polar surface area (TPSA) is 75.7 Å². The lowest BCUT2D eigenvalue weighted by atomic mass is 10.2. The number of rotatable bonds is 6. The summed E-state index contributed by atoms with van der Waals surface area (Å²) in [5, 5.41) is 16.6. The normalized spacial score (nSPS) is 10.3. The third-order valence-electron chi connectivity index (χ3n) is 2.97. The van der Waals surface area contributed by atoms with Crippen LogP contribution in [0.3, 0.4) is 0 Å². The fourth-order valence-electron chi connectivity index (χ4n) is 1.86. The fraction of sp³-hybridized carbons (Fsp3) is 0.133. The summed E-state index contributed by atoms with van der Waals surface area (Å²) in [6.45, 7) is 1.21. The highest BCUT2D eigenvalue weighted by Crippen LogP contribution is 2.14. The van der Waals surface area contributed by atoms with Crippen molar-refractivity contribution in [2.75, 3.05) is 5.32 Å². The molecule has 3 aromatic rings. The Labute approximate surface area is 122 Å². The molecule has 0 spiro atoms. The maximum absolute atomic E-state index is 5.74. The lowest BCUT2D eigenvalue weighted by molar-refractivity contribution is 0.306. The van der Waals surface area contributed by atoms with E-state index in [2.05, 4.69) is 25.9 Å². The molecule has 3 rings (SSSR count). The maximum Gasteiger partial charge on any atom is 0.263 e. The number of nitrogens with one attached hydrogen (secondary N) is 2. The zero-order chi connectivity index (χ0) is 14.3. The van der Waals surface area contributed by atoms with Crippen molar-refractivity contribution in [3.8, 4) is 5.75 Å². The number of tetrazole rings is 1. The minimum atomic E-state index is 0.486. The van der Waals surface area contributed by atoms with Crippen molar-refractivity contribution >= 4 is 5.95 Å². The van der Waals surface area contributed by atoms with Gasteiger partial charge < -0.3 is 10.1 Å². The van der Waals surface area contributed by atoms with Crippen LogP contribution in [0.25, 0.3) is 0 Å². The summed E-state index contributed by atoms with van der Waals surface area (Å²) in [7, 11) is 0. The molecular weight excluding hydrogens is 266 g/mol. The van der Waals surface area contributed by atoms with Crippen LogP contribution in [0.1, 0.15) is 11.1 Å². The van der Waals surface area contributed by atoms with Crippen LogP contribution in [-0.2, 0) is 13.2 Å². The molecule has 106 valence electrons. The summed E-state index contributed by atoms with van der Waals surface area (Å²) in [5.41, 5.74) is 2.27. The molecule has 0 aliphatic carbocycles. The van der Waals surface area contributed by atoms with Gasteiger partial charge in [0.15, 0.2) is 0 Å². The molecule has 0 saturated heterocycles. The number of H-pyrrole nitrogens is 1. The number of nitrogens with zero attached hydrogens (tertiary/aromatic N) is 3. The molecule has 1 aromatic heterocycles. The molecule has 1 heterocycles. The number of anilines is 1. The molecule has 2 N–H and O–H groups in total. The summed E-state index contributed by atoms with van der Waals surface area (Å²) in [4.78, 5) is 0. The highest BCUT2D eigenvalue weighted by atomic mass is 16.5. The molecule has 6 nitrogen and oxygen atoms in total. The largest absolute Gasteiger partial charge is 0.489 e. The standard InChI is InChI=1S/C15H15N5O/c1-2-4-13(5-3-1)11-21-14-8-6-12(7-9-14)10-16-15-17-19-20-18-15/h1-9H,10-11H2,(H2,16,17,18,19,20). The van der Waals surface area contributed by atoms with Gasteiger partial charge in [-0.2, -0.15) is 5.21 Å². The summed E-state index contributed by atoms with van der Waals surface area (Å²) in [5.74, 6) is 1.33. The lowest BCUT2D eigenvalue weighted by Crippen LogP contribution is -2.01. The number of hydrogen-bond acceptors (Lipinski definition) is 5. The first kappa shape index (κ1) is 13.1. The van der Waals surface area contributed by atoms with Gasteiger partial charge in [-0.1, -0.05) is 47.6 Å². The van der Waals surface area contributed by atoms with Crippen LogP contribution in [0.2, 0.25) is 0 Å². The summed E-state index contributed by atoms with van der Waals surface area (Å²) >= 11 is 0. The zero-order valence-electron chi connectivity index (χ0n) is 11.4. The Balaban J connectivity index is 1.52. The molecule has 21 heavy (non-hydrogen) atoms. The van der Waals surface area contributed by atoms with Gasteiger partial charge in [0.1, 0.15) is 12.4 Å². The van der Waals surface area contributed by atoms with Gasteiger partial charge in [0.05, 0.1) is 0 Å². The monoisotopic (exact) mass is 281 g/mol. The molecular formula is C15H15N5O. The predicted octanol–water partition coefficient (Wildman–Crippen LogP) is 2.39. The number of hydrogen-bond donors (Lipinski definition) is 2. The molecule has 2 aromatic carbocycles. The molecule has 0 aliphatic heterocycles. The van der Waals surface area contributed by atoms with Crippen molar-refractivity contribution in [3.05, 3.63) is 65.7 Å². The van der Waals surface area contributed by atoms with Crippen LogP contribution in [0.15, 0.2) is 54.6 Å². The lowest BCUT2D eigenvalue weighted by Gasteiger charge is -2.07. The van der Waals surface area contributed by atoms with Crippen molar-refractivity contribution in [2.45, 2.75) is 13.2 Å². The Bertz CT molecular complexity index is 652. The highest BCUT2D eigenvalue weighted by molar-refractivity contribution is 5.30. The van der Waals surface area contributed by atoms with Crippen molar-refractivity contribution in [1.82, 2.24) is 20.6 Å². The minimum Gasteiger partial charge on any atom is -0.489 e. The third kappa shape index (κ3) is 3.79. The highest BCUT2D eigenvalue weighted by Gasteiger charge is 1.99. The van der Waals surface area contributed by atoms with Crippen LogP contribution >= 0.6 is 0 Å². The molecule has 0 fully saturated rings. The second-order valence-electron chi connectivity index (χ2n) is 4.51. The first-order chi connectivity index (χ1) is 10.4. The third-order valence-corrected chi connectivity index (χ3v) is 2.97. The Hall–Kier alpha value is -2.89. The maximum atomic E-state index is 5.74. The van der Waals surface area contributed by atoms with E-state index in [0.717, 1.165) is 16.9 Å². The minimum absolute atomic E-state index is 0.486. The number of ether oxygens (including phenoxy) is 1. The molecule has 6 heteroatoms. The Morgan fingerprint density at radius 2 is 1.76 bits per heavy atom. The second kappa shape index (κ2) is 6.51. The number of aromatic amines is 1. The summed E-state index contributed by atoms with van der Waals surface area (Å²) in [6.07, 6.45) is 0. The van der Waals surface area contributed by atoms with Crippen molar-refractivity contribution in [2.24, 2.45) is 0 Å². The van der Waals surface area contributed by atoms with Gasteiger partial charge in [-0.3, -0.25) is 0 Å². The van der Waals surface area contributed by atoms with Gasteiger partial charge >= 0.3 is 0 Å². The summed E-state index contributed by atoms with van der Waals surface area (Å²) < 4.78 is 5.74.